The Bertz CT molecular complexity index is 789. The number of carbonyl (C=O) groups is 1. The van der Waals surface area contributed by atoms with Crippen molar-refractivity contribution in [1.29, 1.82) is 0 Å². The third-order valence-electron chi connectivity index (χ3n) is 2.94. The molecule has 0 saturated heterocycles. The molecule has 134 valence electrons. The van der Waals surface area contributed by atoms with Gasteiger partial charge in [-0.3, -0.25) is 4.79 Å². The number of alkyl halides is 3. The summed E-state index contributed by atoms with van der Waals surface area (Å²) in [7, 11) is 0. The molecule has 0 unspecified atom stereocenters. The lowest BCUT2D eigenvalue weighted by molar-refractivity contribution is -0.137. The van der Waals surface area contributed by atoms with Crippen molar-refractivity contribution in [2.75, 3.05) is 12.3 Å². The van der Waals surface area contributed by atoms with E-state index in [9.17, 15) is 22.4 Å². The smallest absolute Gasteiger partial charge is 0.351 e. The van der Waals surface area contributed by atoms with Gasteiger partial charge in [-0.1, -0.05) is 11.6 Å². The van der Waals surface area contributed by atoms with Gasteiger partial charge in [0.15, 0.2) is 0 Å². The van der Waals surface area contributed by atoms with Crippen molar-refractivity contribution in [3.8, 4) is 0 Å². The molecule has 2 aromatic rings. The maximum Gasteiger partial charge on any atom is 0.417 e. The Kier molecular flexibility index (Phi) is 6.70. The zero-order valence-electron chi connectivity index (χ0n) is 12.3. The van der Waals surface area contributed by atoms with Gasteiger partial charge in [0, 0.05) is 23.0 Å². The minimum absolute atomic E-state index is 0.104. The van der Waals surface area contributed by atoms with E-state index in [0.29, 0.717) is 16.4 Å². The number of nitrogens with zero attached hydrogens (tertiary/aromatic N) is 1. The van der Waals surface area contributed by atoms with Crippen LogP contribution in [0.1, 0.15) is 15.9 Å². The molecule has 0 saturated carbocycles. The molecule has 0 aliphatic rings. The van der Waals surface area contributed by atoms with Crippen molar-refractivity contribution in [2.45, 2.75) is 11.2 Å². The standard InChI is InChI=1S/C15H10BrClF4N2OS/c16-11-6-9(18)1-2-10(11)13(24)22-3-4-25-14-12(17)5-8(7-23-14)15(19,20)21/h1-2,5-7H,3-4H2,(H,22,24). The molecule has 1 aromatic heterocycles. The van der Waals surface area contributed by atoms with E-state index in [0.717, 1.165) is 17.8 Å². The van der Waals surface area contributed by atoms with Gasteiger partial charge in [-0.25, -0.2) is 9.37 Å². The zero-order valence-corrected chi connectivity index (χ0v) is 15.5. The van der Waals surface area contributed by atoms with Crippen LogP contribution in [0.5, 0.6) is 0 Å². The van der Waals surface area contributed by atoms with Crippen LogP contribution in [0.15, 0.2) is 40.0 Å². The van der Waals surface area contributed by atoms with E-state index >= 15 is 0 Å². The van der Waals surface area contributed by atoms with Gasteiger partial charge in [0.1, 0.15) is 10.8 Å². The van der Waals surface area contributed by atoms with Crippen LogP contribution in [-0.4, -0.2) is 23.2 Å². The summed E-state index contributed by atoms with van der Waals surface area (Å²) >= 11 is 10.0. The predicted octanol–water partition coefficient (Wildman–Crippen LogP) is 5.18. The fourth-order valence-corrected chi connectivity index (χ4v) is 3.35. The Morgan fingerprint density at radius 1 is 1.32 bits per heavy atom. The largest absolute Gasteiger partial charge is 0.417 e. The molecule has 0 radical (unpaired) electrons. The van der Waals surface area contributed by atoms with Crippen LogP contribution >= 0.6 is 39.3 Å². The van der Waals surface area contributed by atoms with E-state index in [2.05, 4.69) is 26.2 Å². The summed E-state index contributed by atoms with van der Waals surface area (Å²) in [4.78, 5) is 15.7. The number of hydrogen-bond acceptors (Lipinski definition) is 3. The van der Waals surface area contributed by atoms with Crippen molar-refractivity contribution in [2.24, 2.45) is 0 Å². The third-order valence-corrected chi connectivity index (χ3v) is 5.00. The van der Waals surface area contributed by atoms with Gasteiger partial charge >= 0.3 is 6.18 Å². The summed E-state index contributed by atoms with van der Waals surface area (Å²) in [6.07, 6.45) is -3.79. The molecule has 1 heterocycles. The second-order valence-electron chi connectivity index (χ2n) is 4.74. The van der Waals surface area contributed by atoms with Crippen molar-refractivity contribution in [1.82, 2.24) is 10.3 Å². The van der Waals surface area contributed by atoms with Gasteiger partial charge in [-0.15, -0.1) is 11.8 Å². The van der Waals surface area contributed by atoms with Gasteiger partial charge < -0.3 is 5.32 Å². The van der Waals surface area contributed by atoms with Crippen LogP contribution in [0, 0.1) is 5.82 Å². The molecule has 10 heteroatoms. The number of benzene rings is 1. The van der Waals surface area contributed by atoms with Gasteiger partial charge in [0.05, 0.1) is 16.1 Å². The van der Waals surface area contributed by atoms with Crippen LogP contribution < -0.4 is 5.32 Å². The van der Waals surface area contributed by atoms with E-state index in [-0.39, 0.29) is 22.2 Å². The molecule has 1 N–H and O–H groups in total. The topological polar surface area (TPSA) is 42.0 Å². The van der Waals surface area contributed by atoms with Gasteiger partial charge in [0.25, 0.3) is 5.91 Å². The van der Waals surface area contributed by atoms with E-state index < -0.39 is 23.5 Å². The summed E-state index contributed by atoms with van der Waals surface area (Å²) in [5, 5.41) is 2.76. The first-order valence-corrected chi connectivity index (χ1v) is 8.93. The molecular weight excluding hydrogens is 448 g/mol. The van der Waals surface area contributed by atoms with Crippen molar-refractivity contribution >= 4 is 45.2 Å². The fourth-order valence-electron chi connectivity index (χ4n) is 1.77. The average Bonchev–Trinajstić information content (AvgIpc) is 2.51. The SMILES string of the molecule is O=C(NCCSc1ncc(C(F)(F)F)cc1Cl)c1ccc(F)cc1Br. The van der Waals surface area contributed by atoms with E-state index in [1.54, 1.807) is 0 Å². The second kappa shape index (κ2) is 8.37. The lowest BCUT2D eigenvalue weighted by Gasteiger charge is -2.09. The molecule has 1 aromatic carbocycles. The molecule has 0 atom stereocenters. The number of carbonyl (C=O) groups excluding carboxylic acids is 1. The minimum Gasteiger partial charge on any atom is -0.351 e. The maximum absolute atomic E-state index is 13.0. The Morgan fingerprint density at radius 2 is 2.04 bits per heavy atom. The quantitative estimate of drug-likeness (QED) is 0.382. The highest BCUT2D eigenvalue weighted by molar-refractivity contribution is 9.10. The summed E-state index contributed by atoms with van der Waals surface area (Å²) in [5.74, 6) is -0.524. The number of rotatable bonds is 5. The van der Waals surface area contributed by atoms with Crippen molar-refractivity contribution < 1.29 is 22.4 Å². The van der Waals surface area contributed by atoms with Gasteiger partial charge in [-0.2, -0.15) is 13.2 Å². The minimum atomic E-state index is -4.50. The predicted molar refractivity (Wildman–Crippen MR) is 91.4 cm³/mol. The first-order chi connectivity index (χ1) is 11.7. The lowest BCUT2D eigenvalue weighted by Crippen LogP contribution is -2.26. The fraction of sp³-hybridized carbons (Fsp3) is 0.200. The first-order valence-electron chi connectivity index (χ1n) is 6.77. The second-order valence-corrected chi connectivity index (χ2v) is 7.08. The lowest BCUT2D eigenvalue weighted by atomic mass is 10.2. The molecule has 0 fully saturated rings. The Hall–Kier alpha value is -1.32. The number of halogens is 6. The van der Waals surface area contributed by atoms with Crippen LogP contribution in [0.4, 0.5) is 17.6 Å². The normalized spacial score (nSPS) is 11.4. The Morgan fingerprint density at radius 3 is 2.64 bits per heavy atom. The molecule has 3 nitrogen and oxygen atoms in total. The van der Waals surface area contributed by atoms with Gasteiger partial charge in [0.2, 0.25) is 0 Å². The van der Waals surface area contributed by atoms with Crippen molar-refractivity contribution in [3.05, 3.63) is 56.9 Å². The summed E-state index contributed by atoms with van der Waals surface area (Å²) in [5.41, 5.74) is -0.645. The summed E-state index contributed by atoms with van der Waals surface area (Å²) in [6.45, 7) is 0.229. The highest BCUT2D eigenvalue weighted by Crippen LogP contribution is 2.33. The van der Waals surface area contributed by atoms with Crippen LogP contribution in [0.25, 0.3) is 0 Å². The zero-order chi connectivity index (χ0) is 18.6. The molecule has 1 amide bonds. The molecule has 0 aliphatic heterocycles. The van der Waals surface area contributed by atoms with E-state index in [4.69, 9.17) is 11.6 Å². The van der Waals surface area contributed by atoms with Crippen molar-refractivity contribution in [3.63, 3.8) is 0 Å². The summed E-state index contributed by atoms with van der Waals surface area (Å²) < 4.78 is 50.9. The number of hydrogen-bond donors (Lipinski definition) is 1. The number of aromatic nitrogens is 1. The third kappa shape index (κ3) is 5.58. The number of pyridine rings is 1. The molecular formula is C15H10BrClF4N2OS. The highest BCUT2D eigenvalue weighted by atomic mass is 79.9. The molecule has 0 aliphatic carbocycles. The van der Waals surface area contributed by atoms with Crippen LogP contribution in [0.3, 0.4) is 0 Å². The average molecular weight is 458 g/mol. The highest BCUT2D eigenvalue weighted by Gasteiger charge is 2.31. The number of thioether (sulfide) groups is 1. The first kappa shape index (κ1) is 20.0. The molecule has 25 heavy (non-hydrogen) atoms. The Labute approximate surface area is 158 Å². The van der Waals surface area contributed by atoms with Gasteiger partial charge in [-0.05, 0) is 40.2 Å². The summed E-state index contributed by atoms with van der Waals surface area (Å²) in [6, 6.07) is 4.50. The molecule has 0 bridgehead atoms. The Balaban J connectivity index is 1.88. The number of nitrogens with one attached hydrogen (secondary N) is 1. The monoisotopic (exact) mass is 456 g/mol. The number of amides is 1. The molecule has 0 spiro atoms. The maximum atomic E-state index is 13.0. The van der Waals surface area contributed by atoms with Crippen LogP contribution in [-0.2, 0) is 6.18 Å². The van der Waals surface area contributed by atoms with Crippen LogP contribution in [0.2, 0.25) is 5.02 Å². The molecule has 2 rings (SSSR count). The van der Waals surface area contributed by atoms with E-state index in [1.807, 2.05) is 0 Å². The van der Waals surface area contributed by atoms with E-state index in [1.165, 1.54) is 18.2 Å².